The van der Waals surface area contributed by atoms with Gasteiger partial charge in [-0.05, 0) is 49.8 Å². The summed E-state index contributed by atoms with van der Waals surface area (Å²) in [6, 6.07) is 16.7. The topological polar surface area (TPSA) is 59.8 Å². The largest absolute Gasteiger partial charge is 0.493 e. The van der Waals surface area contributed by atoms with E-state index in [1.165, 1.54) is 18.4 Å². The fraction of sp³-hybridized carbons (Fsp3) is 0.448. The fourth-order valence-corrected chi connectivity index (χ4v) is 5.43. The Hall–Kier alpha value is -3.48. The molecule has 1 aliphatic heterocycles. The molecule has 7 nitrogen and oxygen atoms in total. The van der Waals surface area contributed by atoms with Crippen molar-refractivity contribution in [3.05, 3.63) is 72.3 Å². The molecule has 1 atom stereocenters. The van der Waals surface area contributed by atoms with Gasteiger partial charge in [0.2, 0.25) is 5.91 Å². The van der Waals surface area contributed by atoms with Gasteiger partial charge < -0.3 is 23.8 Å². The lowest BCUT2D eigenvalue weighted by Crippen LogP contribution is -2.56. The zero-order valence-corrected chi connectivity index (χ0v) is 21.3. The molecule has 190 valence electrons. The number of aryl methyl sites for hydroxylation is 1. The summed E-state index contributed by atoms with van der Waals surface area (Å²) in [4.78, 5) is 22.2. The smallest absolute Gasteiger partial charge is 0.229 e. The van der Waals surface area contributed by atoms with E-state index in [9.17, 15) is 4.79 Å². The lowest BCUT2D eigenvalue weighted by molar-refractivity contribution is -0.133. The molecule has 0 bridgehead atoms. The van der Waals surface area contributed by atoms with Crippen LogP contribution in [0.2, 0.25) is 0 Å². The van der Waals surface area contributed by atoms with Crippen molar-refractivity contribution < 1.29 is 14.3 Å². The third kappa shape index (κ3) is 5.66. The zero-order chi connectivity index (χ0) is 24.9. The molecule has 1 amide bonds. The second kappa shape index (κ2) is 11.1. The summed E-state index contributed by atoms with van der Waals surface area (Å²) in [7, 11) is 3.62. The molecule has 36 heavy (non-hydrogen) atoms. The molecule has 5 rings (SSSR count). The molecular formula is C29H36N4O3. The van der Waals surface area contributed by atoms with Crippen LogP contribution in [0.25, 0.3) is 0 Å². The number of carbonyl (C=O) groups excluding carboxylic acids is 1. The van der Waals surface area contributed by atoms with Crippen molar-refractivity contribution in [1.82, 2.24) is 14.5 Å². The molecule has 1 unspecified atom stereocenters. The predicted molar refractivity (Wildman–Crippen MR) is 141 cm³/mol. The van der Waals surface area contributed by atoms with Crippen LogP contribution in [0.4, 0.5) is 5.69 Å². The standard InChI is InChI=1S/C29H36N4O3/c1-31-19-23(30-21-31)17-29(34)33-15-14-32(20-25(33)16-22-8-4-3-5-9-22)24-12-13-27(35-2)28(18-24)36-26-10-6-7-11-26/h3-5,8-9,12-13,18-19,21,25-26H,6-7,10-11,14-17,20H2,1-2H3. The number of rotatable bonds is 8. The predicted octanol–water partition coefficient (Wildman–Crippen LogP) is 4.25. The van der Waals surface area contributed by atoms with Crippen molar-refractivity contribution in [2.24, 2.45) is 7.05 Å². The molecular weight excluding hydrogens is 452 g/mol. The first-order chi connectivity index (χ1) is 17.6. The summed E-state index contributed by atoms with van der Waals surface area (Å²) in [6.07, 6.45) is 9.72. The lowest BCUT2D eigenvalue weighted by atomic mass is 10.0. The van der Waals surface area contributed by atoms with Crippen LogP contribution in [0.5, 0.6) is 11.5 Å². The van der Waals surface area contributed by atoms with Crippen LogP contribution in [-0.2, 0) is 24.7 Å². The van der Waals surface area contributed by atoms with E-state index in [1.54, 1.807) is 13.4 Å². The first-order valence-corrected chi connectivity index (χ1v) is 13.0. The Balaban J connectivity index is 1.35. The second-order valence-corrected chi connectivity index (χ2v) is 9.94. The SMILES string of the molecule is COc1ccc(N2CCN(C(=O)Cc3cn(C)cn3)C(Cc3ccccc3)C2)cc1OC1CCCC1. The third-order valence-corrected chi connectivity index (χ3v) is 7.32. The van der Waals surface area contributed by atoms with E-state index in [-0.39, 0.29) is 18.1 Å². The first-order valence-electron chi connectivity index (χ1n) is 13.0. The number of anilines is 1. The Kier molecular flexibility index (Phi) is 7.44. The van der Waals surface area contributed by atoms with Crippen molar-refractivity contribution in [1.29, 1.82) is 0 Å². The van der Waals surface area contributed by atoms with Gasteiger partial charge in [-0.3, -0.25) is 4.79 Å². The molecule has 1 aliphatic carbocycles. The van der Waals surface area contributed by atoms with Crippen LogP contribution in [0, 0.1) is 0 Å². The maximum absolute atomic E-state index is 13.4. The van der Waals surface area contributed by atoms with Crippen LogP contribution in [0.3, 0.4) is 0 Å². The minimum atomic E-state index is 0.0682. The number of nitrogens with zero attached hydrogens (tertiary/aromatic N) is 4. The Morgan fingerprint density at radius 2 is 1.86 bits per heavy atom. The molecule has 2 fully saturated rings. The zero-order valence-electron chi connectivity index (χ0n) is 21.3. The van der Waals surface area contributed by atoms with Gasteiger partial charge in [0.05, 0.1) is 37.7 Å². The number of amides is 1. The highest BCUT2D eigenvalue weighted by molar-refractivity contribution is 5.79. The molecule has 1 aromatic heterocycles. The normalized spacial score (nSPS) is 18.4. The van der Waals surface area contributed by atoms with E-state index in [4.69, 9.17) is 9.47 Å². The molecule has 7 heteroatoms. The maximum atomic E-state index is 13.4. The van der Waals surface area contributed by atoms with Gasteiger partial charge in [0.15, 0.2) is 11.5 Å². The Morgan fingerprint density at radius 1 is 1.06 bits per heavy atom. The van der Waals surface area contributed by atoms with Crippen molar-refractivity contribution in [2.75, 3.05) is 31.6 Å². The highest BCUT2D eigenvalue weighted by atomic mass is 16.5. The molecule has 0 N–H and O–H groups in total. The average molecular weight is 489 g/mol. The summed E-state index contributed by atoms with van der Waals surface area (Å²) in [5.74, 6) is 1.72. The minimum absolute atomic E-state index is 0.0682. The minimum Gasteiger partial charge on any atom is -0.493 e. The average Bonchev–Trinajstić information content (AvgIpc) is 3.56. The lowest BCUT2D eigenvalue weighted by Gasteiger charge is -2.43. The number of ether oxygens (including phenoxy) is 2. The van der Waals surface area contributed by atoms with E-state index in [0.29, 0.717) is 13.0 Å². The quantitative estimate of drug-likeness (QED) is 0.474. The number of methoxy groups -OCH3 is 1. The monoisotopic (exact) mass is 488 g/mol. The first kappa shape index (κ1) is 24.2. The van der Waals surface area contributed by atoms with Gasteiger partial charge in [-0.15, -0.1) is 0 Å². The molecule has 0 radical (unpaired) electrons. The van der Waals surface area contributed by atoms with Gasteiger partial charge in [-0.25, -0.2) is 4.98 Å². The number of piperazine rings is 1. The maximum Gasteiger partial charge on any atom is 0.229 e. The highest BCUT2D eigenvalue weighted by Gasteiger charge is 2.31. The number of carbonyl (C=O) groups is 1. The molecule has 1 saturated carbocycles. The van der Waals surface area contributed by atoms with Gasteiger partial charge in [0, 0.05) is 44.6 Å². The van der Waals surface area contributed by atoms with Crippen LogP contribution < -0.4 is 14.4 Å². The molecule has 2 heterocycles. The number of aromatic nitrogens is 2. The molecule has 3 aromatic rings. The number of hydrogen-bond acceptors (Lipinski definition) is 5. The van der Waals surface area contributed by atoms with Crippen LogP contribution >= 0.6 is 0 Å². The van der Waals surface area contributed by atoms with Crippen LogP contribution in [0.15, 0.2) is 61.1 Å². The fourth-order valence-electron chi connectivity index (χ4n) is 5.43. The summed E-state index contributed by atoms with van der Waals surface area (Å²) in [6.45, 7) is 2.21. The van der Waals surface area contributed by atoms with Crippen molar-refractivity contribution in [3.8, 4) is 11.5 Å². The van der Waals surface area contributed by atoms with Gasteiger partial charge in [0.25, 0.3) is 0 Å². The van der Waals surface area contributed by atoms with Crippen LogP contribution in [0.1, 0.15) is 36.9 Å². The van der Waals surface area contributed by atoms with Gasteiger partial charge in [-0.2, -0.15) is 0 Å². The Bertz CT molecular complexity index is 1160. The summed E-state index contributed by atoms with van der Waals surface area (Å²) >= 11 is 0. The summed E-state index contributed by atoms with van der Waals surface area (Å²) in [5, 5.41) is 0. The highest BCUT2D eigenvalue weighted by Crippen LogP contribution is 2.36. The van der Waals surface area contributed by atoms with Crippen molar-refractivity contribution in [2.45, 2.75) is 50.7 Å². The van der Waals surface area contributed by atoms with Gasteiger partial charge in [0.1, 0.15) is 0 Å². The number of benzene rings is 2. The van der Waals surface area contributed by atoms with Crippen molar-refractivity contribution in [3.63, 3.8) is 0 Å². The summed E-state index contributed by atoms with van der Waals surface area (Å²) in [5.41, 5.74) is 3.16. The van der Waals surface area contributed by atoms with E-state index in [0.717, 1.165) is 55.2 Å². The van der Waals surface area contributed by atoms with E-state index < -0.39 is 0 Å². The number of imidazole rings is 1. The van der Waals surface area contributed by atoms with Crippen molar-refractivity contribution >= 4 is 11.6 Å². The van der Waals surface area contributed by atoms with E-state index >= 15 is 0 Å². The van der Waals surface area contributed by atoms with E-state index in [1.807, 2.05) is 29.9 Å². The van der Waals surface area contributed by atoms with E-state index in [2.05, 4.69) is 51.2 Å². The molecule has 2 aliphatic rings. The third-order valence-electron chi connectivity index (χ3n) is 7.32. The molecule has 0 spiro atoms. The Morgan fingerprint density at radius 3 is 2.58 bits per heavy atom. The van der Waals surface area contributed by atoms with Gasteiger partial charge in [-0.1, -0.05) is 30.3 Å². The Labute approximate surface area is 213 Å². The number of hydrogen-bond donors (Lipinski definition) is 0. The summed E-state index contributed by atoms with van der Waals surface area (Å²) < 4.78 is 13.8. The molecule has 1 saturated heterocycles. The van der Waals surface area contributed by atoms with Gasteiger partial charge >= 0.3 is 0 Å². The van der Waals surface area contributed by atoms with Crippen LogP contribution in [-0.4, -0.2) is 59.2 Å². The second-order valence-electron chi connectivity index (χ2n) is 9.94. The molecule has 2 aromatic carbocycles.